The molecule has 5 heteroatoms. The van der Waals surface area contributed by atoms with Crippen LogP contribution in [0.1, 0.15) is 32.1 Å². The summed E-state index contributed by atoms with van der Waals surface area (Å²) >= 11 is 0. The quantitative estimate of drug-likeness (QED) is 0.830. The standard InChI is InChI=1S/C15H20FNO3/c16-11-5-4-6-12(9-11)20-10-15(19)17-13-7-2-1-3-8-14(13)18/h4-6,9,13-14,18H,1-3,7-8,10H2,(H,17,19). The molecule has 0 radical (unpaired) electrons. The molecule has 1 saturated carbocycles. The lowest BCUT2D eigenvalue weighted by Gasteiger charge is -2.21. The SMILES string of the molecule is O=C(COc1cccc(F)c1)NC1CCCCCC1O. The Bertz CT molecular complexity index is 452. The van der Waals surface area contributed by atoms with Crippen molar-refractivity contribution >= 4 is 5.91 Å². The van der Waals surface area contributed by atoms with Crippen LogP contribution in [0, 0.1) is 5.82 Å². The van der Waals surface area contributed by atoms with Gasteiger partial charge in [0.2, 0.25) is 0 Å². The van der Waals surface area contributed by atoms with E-state index in [0.717, 1.165) is 32.1 Å². The smallest absolute Gasteiger partial charge is 0.258 e. The Hall–Kier alpha value is -1.62. The second-order valence-corrected chi connectivity index (χ2v) is 5.13. The van der Waals surface area contributed by atoms with E-state index in [-0.39, 0.29) is 18.6 Å². The summed E-state index contributed by atoms with van der Waals surface area (Å²) in [6, 6.07) is 5.46. The Morgan fingerprint density at radius 1 is 1.35 bits per heavy atom. The molecule has 0 spiro atoms. The minimum Gasteiger partial charge on any atom is -0.484 e. The third kappa shape index (κ3) is 4.49. The molecule has 4 nitrogen and oxygen atoms in total. The molecule has 0 saturated heterocycles. The van der Waals surface area contributed by atoms with Crippen LogP contribution >= 0.6 is 0 Å². The molecule has 1 amide bonds. The number of benzene rings is 1. The number of hydrogen-bond donors (Lipinski definition) is 2. The van der Waals surface area contributed by atoms with Crippen LogP contribution in [0.25, 0.3) is 0 Å². The van der Waals surface area contributed by atoms with Crippen LogP contribution in [0.2, 0.25) is 0 Å². The number of ether oxygens (including phenoxy) is 1. The van der Waals surface area contributed by atoms with Gasteiger partial charge < -0.3 is 15.2 Å². The van der Waals surface area contributed by atoms with Gasteiger partial charge in [0.05, 0.1) is 12.1 Å². The van der Waals surface area contributed by atoms with E-state index in [0.29, 0.717) is 5.75 Å². The summed E-state index contributed by atoms with van der Waals surface area (Å²) in [4.78, 5) is 11.8. The first-order valence-corrected chi connectivity index (χ1v) is 7.01. The highest BCUT2D eigenvalue weighted by Crippen LogP contribution is 2.18. The van der Waals surface area contributed by atoms with Crippen molar-refractivity contribution in [2.24, 2.45) is 0 Å². The molecule has 2 unspecified atom stereocenters. The van der Waals surface area contributed by atoms with E-state index in [1.54, 1.807) is 6.07 Å². The molecule has 110 valence electrons. The summed E-state index contributed by atoms with van der Waals surface area (Å²) in [5.74, 6) is -0.371. The van der Waals surface area contributed by atoms with Crippen LogP contribution in [0.3, 0.4) is 0 Å². The van der Waals surface area contributed by atoms with Gasteiger partial charge in [0.1, 0.15) is 11.6 Å². The van der Waals surface area contributed by atoms with Crippen LogP contribution in [-0.4, -0.2) is 29.8 Å². The van der Waals surface area contributed by atoms with Crippen molar-refractivity contribution in [3.63, 3.8) is 0 Å². The number of carbonyl (C=O) groups excluding carboxylic acids is 1. The zero-order chi connectivity index (χ0) is 14.4. The van der Waals surface area contributed by atoms with Crippen LogP contribution in [0.15, 0.2) is 24.3 Å². The number of hydrogen-bond acceptors (Lipinski definition) is 3. The van der Waals surface area contributed by atoms with Crippen LogP contribution in [0.4, 0.5) is 4.39 Å². The highest BCUT2D eigenvalue weighted by atomic mass is 19.1. The van der Waals surface area contributed by atoms with Crippen molar-refractivity contribution in [3.05, 3.63) is 30.1 Å². The van der Waals surface area contributed by atoms with E-state index in [2.05, 4.69) is 5.32 Å². The monoisotopic (exact) mass is 281 g/mol. The van der Waals surface area contributed by atoms with Gasteiger partial charge in [0.25, 0.3) is 5.91 Å². The average Bonchev–Trinajstić information content (AvgIpc) is 2.62. The number of carbonyl (C=O) groups is 1. The van der Waals surface area contributed by atoms with Crippen LogP contribution in [0.5, 0.6) is 5.75 Å². The van der Waals surface area contributed by atoms with Crippen molar-refractivity contribution in [2.75, 3.05) is 6.61 Å². The molecule has 1 aromatic rings. The summed E-state index contributed by atoms with van der Waals surface area (Å²) in [6.07, 6.45) is 4.10. The predicted octanol–water partition coefficient (Wildman–Crippen LogP) is 2.01. The van der Waals surface area contributed by atoms with Gasteiger partial charge in [-0.3, -0.25) is 4.79 Å². The van der Waals surface area contributed by atoms with Crippen molar-refractivity contribution < 1.29 is 19.0 Å². The predicted molar refractivity (Wildman–Crippen MR) is 72.9 cm³/mol. The van der Waals surface area contributed by atoms with Gasteiger partial charge in [-0.15, -0.1) is 0 Å². The van der Waals surface area contributed by atoms with Gasteiger partial charge in [-0.2, -0.15) is 0 Å². The Morgan fingerprint density at radius 2 is 2.15 bits per heavy atom. The average molecular weight is 281 g/mol. The summed E-state index contributed by atoms with van der Waals surface area (Å²) in [5.41, 5.74) is 0. The van der Waals surface area contributed by atoms with E-state index in [9.17, 15) is 14.3 Å². The third-order valence-corrected chi connectivity index (χ3v) is 3.49. The van der Waals surface area contributed by atoms with E-state index >= 15 is 0 Å². The maximum Gasteiger partial charge on any atom is 0.258 e. The molecule has 2 N–H and O–H groups in total. The molecule has 20 heavy (non-hydrogen) atoms. The Morgan fingerprint density at radius 3 is 2.95 bits per heavy atom. The fourth-order valence-corrected chi connectivity index (χ4v) is 2.41. The lowest BCUT2D eigenvalue weighted by molar-refractivity contribution is -0.124. The lowest BCUT2D eigenvalue weighted by Crippen LogP contribution is -2.44. The minimum absolute atomic E-state index is 0.174. The highest BCUT2D eigenvalue weighted by Gasteiger charge is 2.23. The van der Waals surface area contributed by atoms with Gasteiger partial charge in [0.15, 0.2) is 6.61 Å². The van der Waals surface area contributed by atoms with Crippen LogP contribution < -0.4 is 10.1 Å². The molecular formula is C15H20FNO3. The first-order valence-electron chi connectivity index (χ1n) is 7.01. The molecule has 0 aliphatic heterocycles. The summed E-state index contributed by atoms with van der Waals surface area (Å²) in [7, 11) is 0. The maximum absolute atomic E-state index is 12.9. The van der Waals surface area contributed by atoms with Crippen molar-refractivity contribution in [1.82, 2.24) is 5.32 Å². The number of rotatable bonds is 4. The molecule has 0 bridgehead atoms. The van der Waals surface area contributed by atoms with Gasteiger partial charge in [-0.1, -0.05) is 25.3 Å². The number of aliphatic hydroxyl groups excluding tert-OH is 1. The summed E-state index contributed by atoms with van der Waals surface area (Å²) in [6.45, 7) is -0.174. The fraction of sp³-hybridized carbons (Fsp3) is 0.533. The summed E-state index contributed by atoms with van der Waals surface area (Å²) < 4.78 is 18.2. The maximum atomic E-state index is 12.9. The van der Waals surface area contributed by atoms with Crippen LogP contribution in [-0.2, 0) is 4.79 Å². The normalized spacial score (nSPS) is 22.9. The highest BCUT2D eigenvalue weighted by molar-refractivity contribution is 5.77. The zero-order valence-corrected chi connectivity index (χ0v) is 11.3. The zero-order valence-electron chi connectivity index (χ0n) is 11.3. The van der Waals surface area contributed by atoms with E-state index in [4.69, 9.17) is 4.74 Å². The van der Waals surface area contributed by atoms with E-state index < -0.39 is 11.9 Å². The molecule has 2 rings (SSSR count). The first-order chi connectivity index (χ1) is 9.65. The molecule has 1 fully saturated rings. The van der Waals surface area contributed by atoms with Gasteiger partial charge in [-0.25, -0.2) is 4.39 Å². The molecule has 1 aliphatic carbocycles. The first kappa shape index (κ1) is 14.8. The molecule has 2 atom stereocenters. The Balaban J connectivity index is 1.80. The van der Waals surface area contributed by atoms with E-state index in [1.165, 1.54) is 18.2 Å². The van der Waals surface area contributed by atoms with Gasteiger partial charge >= 0.3 is 0 Å². The number of halogens is 1. The molecule has 0 heterocycles. The molecule has 1 aromatic carbocycles. The second-order valence-electron chi connectivity index (χ2n) is 5.13. The topological polar surface area (TPSA) is 58.6 Å². The van der Waals surface area contributed by atoms with Crippen molar-refractivity contribution in [2.45, 2.75) is 44.2 Å². The number of aliphatic hydroxyl groups is 1. The fourth-order valence-electron chi connectivity index (χ4n) is 2.41. The minimum atomic E-state index is -0.490. The van der Waals surface area contributed by atoms with Crippen molar-refractivity contribution in [3.8, 4) is 5.75 Å². The largest absolute Gasteiger partial charge is 0.484 e. The summed E-state index contributed by atoms with van der Waals surface area (Å²) in [5, 5.41) is 12.7. The molecule has 1 aliphatic rings. The Labute approximate surface area is 117 Å². The Kier molecular flexibility index (Phi) is 5.35. The third-order valence-electron chi connectivity index (χ3n) is 3.49. The lowest BCUT2D eigenvalue weighted by atomic mass is 10.1. The van der Waals surface area contributed by atoms with Gasteiger partial charge in [0, 0.05) is 6.07 Å². The second kappa shape index (κ2) is 7.24. The van der Waals surface area contributed by atoms with Crippen molar-refractivity contribution in [1.29, 1.82) is 0 Å². The van der Waals surface area contributed by atoms with E-state index in [1.807, 2.05) is 0 Å². The molecular weight excluding hydrogens is 261 g/mol. The molecule has 0 aromatic heterocycles. The van der Waals surface area contributed by atoms with Gasteiger partial charge in [-0.05, 0) is 25.0 Å². The number of nitrogens with one attached hydrogen (secondary N) is 1. The number of amides is 1.